The largest absolute Gasteiger partial charge is 0.310 e. The van der Waals surface area contributed by atoms with E-state index >= 15 is 0 Å². The summed E-state index contributed by atoms with van der Waals surface area (Å²) in [5.41, 5.74) is 0.403. The van der Waals surface area contributed by atoms with Gasteiger partial charge in [0.15, 0.2) is 11.6 Å². The van der Waals surface area contributed by atoms with E-state index in [1.807, 2.05) is 0 Å². The van der Waals surface area contributed by atoms with Crippen molar-refractivity contribution in [2.75, 3.05) is 24.5 Å². The van der Waals surface area contributed by atoms with Crippen LogP contribution in [0.3, 0.4) is 0 Å². The van der Waals surface area contributed by atoms with E-state index in [4.69, 9.17) is 0 Å². The van der Waals surface area contributed by atoms with E-state index in [9.17, 15) is 13.6 Å². The summed E-state index contributed by atoms with van der Waals surface area (Å²) in [4.78, 5) is 12.9. The highest BCUT2D eigenvalue weighted by Gasteiger charge is 2.19. The first-order valence-electron chi connectivity index (χ1n) is 4.64. The summed E-state index contributed by atoms with van der Waals surface area (Å²) in [7, 11) is 0. The van der Waals surface area contributed by atoms with Gasteiger partial charge in [-0.1, -0.05) is 0 Å². The molecule has 16 heavy (non-hydrogen) atoms. The lowest BCUT2D eigenvalue weighted by Gasteiger charge is -2.27. The van der Waals surface area contributed by atoms with Gasteiger partial charge in [0.1, 0.15) is 0 Å². The topological polar surface area (TPSA) is 32.3 Å². The van der Waals surface area contributed by atoms with Crippen LogP contribution in [-0.2, 0) is 4.79 Å². The number of amides is 1. The quantitative estimate of drug-likeness (QED) is 0.813. The van der Waals surface area contributed by atoms with Crippen LogP contribution >= 0.6 is 12.4 Å². The minimum atomic E-state index is -0.932. The zero-order valence-electron chi connectivity index (χ0n) is 8.37. The van der Waals surface area contributed by atoms with E-state index < -0.39 is 11.6 Å². The SMILES string of the molecule is Cl.O=C1CNCCN1c1ccc(F)c(F)c1. The fourth-order valence-corrected chi connectivity index (χ4v) is 1.53. The smallest absolute Gasteiger partial charge is 0.240 e. The molecule has 0 spiro atoms. The fourth-order valence-electron chi connectivity index (χ4n) is 1.53. The molecule has 2 rings (SSSR count). The van der Waals surface area contributed by atoms with Crippen molar-refractivity contribution in [2.24, 2.45) is 0 Å². The first kappa shape index (κ1) is 12.9. The number of rotatable bonds is 1. The standard InChI is InChI=1S/C10H10F2N2O.ClH/c11-8-2-1-7(5-9(8)12)14-4-3-13-6-10(14)15;/h1-2,5,13H,3-4,6H2;1H. The zero-order valence-corrected chi connectivity index (χ0v) is 9.19. The molecule has 3 nitrogen and oxygen atoms in total. The average Bonchev–Trinajstić information content (AvgIpc) is 2.23. The van der Waals surface area contributed by atoms with Gasteiger partial charge in [-0.25, -0.2) is 8.78 Å². The lowest BCUT2D eigenvalue weighted by atomic mass is 10.2. The summed E-state index contributed by atoms with van der Waals surface area (Å²) >= 11 is 0. The van der Waals surface area contributed by atoms with Crippen LogP contribution in [0.15, 0.2) is 18.2 Å². The van der Waals surface area contributed by atoms with Gasteiger partial charge in [0.25, 0.3) is 0 Å². The molecule has 1 heterocycles. The van der Waals surface area contributed by atoms with Crippen molar-refractivity contribution in [2.45, 2.75) is 0 Å². The molecule has 0 unspecified atom stereocenters. The molecular formula is C10H11ClF2N2O. The highest BCUT2D eigenvalue weighted by atomic mass is 35.5. The predicted octanol–water partition coefficient (Wildman–Crippen LogP) is 1.32. The van der Waals surface area contributed by atoms with E-state index in [0.29, 0.717) is 18.8 Å². The van der Waals surface area contributed by atoms with Crippen LogP contribution in [-0.4, -0.2) is 25.5 Å². The highest BCUT2D eigenvalue weighted by molar-refractivity contribution is 5.95. The molecule has 1 aromatic carbocycles. The number of hydrogen-bond acceptors (Lipinski definition) is 2. The maximum atomic E-state index is 12.9. The average molecular weight is 249 g/mol. The van der Waals surface area contributed by atoms with Crippen LogP contribution in [0, 0.1) is 11.6 Å². The van der Waals surface area contributed by atoms with Gasteiger partial charge in [-0.15, -0.1) is 12.4 Å². The van der Waals surface area contributed by atoms with Crippen molar-refractivity contribution in [1.29, 1.82) is 0 Å². The van der Waals surface area contributed by atoms with Crippen LogP contribution in [0.2, 0.25) is 0 Å². The third-order valence-corrected chi connectivity index (χ3v) is 2.30. The second kappa shape index (κ2) is 5.23. The molecule has 0 atom stereocenters. The third-order valence-electron chi connectivity index (χ3n) is 2.30. The van der Waals surface area contributed by atoms with Gasteiger partial charge in [-0.3, -0.25) is 4.79 Å². The summed E-state index contributed by atoms with van der Waals surface area (Å²) in [5, 5.41) is 2.90. The number of carbonyl (C=O) groups excluding carboxylic acids is 1. The maximum Gasteiger partial charge on any atom is 0.240 e. The Morgan fingerprint density at radius 1 is 1.25 bits per heavy atom. The number of benzene rings is 1. The summed E-state index contributed by atoms with van der Waals surface area (Å²) < 4.78 is 25.6. The summed E-state index contributed by atoms with van der Waals surface area (Å²) in [6.07, 6.45) is 0. The number of hydrogen-bond donors (Lipinski definition) is 1. The monoisotopic (exact) mass is 248 g/mol. The van der Waals surface area contributed by atoms with Crippen LogP contribution in [0.1, 0.15) is 0 Å². The zero-order chi connectivity index (χ0) is 10.8. The predicted molar refractivity (Wildman–Crippen MR) is 58.8 cm³/mol. The summed E-state index contributed by atoms with van der Waals surface area (Å²) in [6, 6.07) is 3.47. The Balaban J connectivity index is 0.00000128. The number of nitrogens with one attached hydrogen (secondary N) is 1. The van der Waals surface area contributed by atoms with E-state index in [2.05, 4.69) is 5.32 Å². The van der Waals surface area contributed by atoms with Gasteiger partial charge >= 0.3 is 0 Å². The molecule has 0 aromatic heterocycles. The first-order valence-corrected chi connectivity index (χ1v) is 4.64. The van der Waals surface area contributed by atoms with Crippen LogP contribution in [0.4, 0.5) is 14.5 Å². The molecule has 1 amide bonds. The molecule has 6 heteroatoms. The Hall–Kier alpha value is -1.20. The third kappa shape index (κ3) is 2.48. The Labute approximate surface area is 97.8 Å². The van der Waals surface area contributed by atoms with Crippen molar-refractivity contribution in [3.63, 3.8) is 0 Å². The minimum absolute atomic E-state index is 0. The van der Waals surface area contributed by atoms with Gasteiger partial charge in [-0.05, 0) is 12.1 Å². The van der Waals surface area contributed by atoms with Crippen LogP contribution in [0.5, 0.6) is 0 Å². The van der Waals surface area contributed by atoms with Crippen molar-refractivity contribution in [3.8, 4) is 0 Å². The Bertz CT molecular complexity index is 400. The van der Waals surface area contributed by atoms with Gasteiger partial charge < -0.3 is 10.2 Å². The number of piperazine rings is 1. The summed E-state index contributed by atoms with van der Waals surface area (Å²) in [6.45, 7) is 1.37. The first-order chi connectivity index (χ1) is 7.18. The molecule has 0 radical (unpaired) electrons. The van der Waals surface area contributed by atoms with Crippen LogP contribution < -0.4 is 10.2 Å². The number of halogens is 3. The molecule has 0 bridgehead atoms. The molecule has 1 fully saturated rings. The molecule has 1 N–H and O–H groups in total. The van der Waals surface area contributed by atoms with E-state index in [0.717, 1.165) is 12.1 Å². The Morgan fingerprint density at radius 3 is 2.62 bits per heavy atom. The fraction of sp³-hybridized carbons (Fsp3) is 0.300. The van der Waals surface area contributed by atoms with Crippen molar-refractivity contribution >= 4 is 24.0 Å². The molecule has 88 valence electrons. The van der Waals surface area contributed by atoms with Gasteiger partial charge in [-0.2, -0.15) is 0 Å². The molecular weight excluding hydrogens is 238 g/mol. The van der Waals surface area contributed by atoms with Crippen molar-refractivity contribution in [1.82, 2.24) is 5.32 Å². The molecule has 0 aliphatic carbocycles. The number of nitrogens with zero attached hydrogens (tertiary/aromatic N) is 1. The van der Waals surface area contributed by atoms with Crippen molar-refractivity contribution in [3.05, 3.63) is 29.8 Å². The van der Waals surface area contributed by atoms with Crippen molar-refractivity contribution < 1.29 is 13.6 Å². The molecule has 1 aliphatic rings. The lowest BCUT2D eigenvalue weighted by molar-refractivity contribution is -0.118. The Kier molecular flexibility index (Phi) is 4.20. The molecule has 1 saturated heterocycles. The second-order valence-corrected chi connectivity index (χ2v) is 3.32. The normalized spacial score (nSPS) is 15.9. The number of carbonyl (C=O) groups is 1. The van der Waals surface area contributed by atoms with Crippen LogP contribution in [0.25, 0.3) is 0 Å². The molecule has 1 aromatic rings. The molecule has 1 aliphatic heterocycles. The van der Waals surface area contributed by atoms with E-state index in [1.165, 1.54) is 11.0 Å². The van der Waals surface area contributed by atoms with Gasteiger partial charge in [0.2, 0.25) is 5.91 Å². The van der Waals surface area contributed by atoms with E-state index in [-0.39, 0.29) is 24.9 Å². The second-order valence-electron chi connectivity index (χ2n) is 3.32. The maximum absolute atomic E-state index is 12.9. The highest BCUT2D eigenvalue weighted by Crippen LogP contribution is 2.18. The number of anilines is 1. The van der Waals surface area contributed by atoms with Gasteiger partial charge in [0.05, 0.1) is 6.54 Å². The minimum Gasteiger partial charge on any atom is -0.310 e. The summed E-state index contributed by atoms with van der Waals surface area (Å²) in [5.74, 6) is -1.97. The van der Waals surface area contributed by atoms with Gasteiger partial charge in [0, 0.05) is 24.8 Å². The Morgan fingerprint density at radius 2 is 2.00 bits per heavy atom. The molecule has 0 saturated carbocycles. The van der Waals surface area contributed by atoms with E-state index in [1.54, 1.807) is 0 Å². The lowest BCUT2D eigenvalue weighted by Crippen LogP contribution is -2.48.